The highest BCUT2D eigenvalue weighted by Crippen LogP contribution is 2.31. The highest BCUT2D eigenvalue weighted by molar-refractivity contribution is 6.32. The Balaban J connectivity index is 1.94. The number of halogens is 2. The first-order valence-corrected chi connectivity index (χ1v) is 6.51. The Labute approximate surface area is 117 Å². The van der Waals surface area contributed by atoms with E-state index in [2.05, 4.69) is 4.99 Å². The van der Waals surface area contributed by atoms with Crippen molar-refractivity contribution >= 4 is 19.0 Å². The molecule has 1 heterocycles. The van der Waals surface area contributed by atoms with E-state index < -0.39 is 11.6 Å². The first kappa shape index (κ1) is 13.0. The van der Waals surface area contributed by atoms with Crippen LogP contribution < -0.4 is 5.46 Å². The molecular formula is C16H12BF2N. The van der Waals surface area contributed by atoms with Crippen LogP contribution in [0.1, 0.15) is 30.0 Å². The molecule has 1 aliphatic rings. The lowest BCUT2D eigenvalue weighted by Gasteiger charge is -2.07. The standard InChI is InChI=1S/C16H12BF2N/c17-11-6-4-10(5-7-11)14-8-9-15(20-14)16-12(18)2-1-3-13(16)19/h1-7,14H,8-9H2. The number of benzene rings is 2. The molecule has 1 aliphatic heterocycles. The molecule has 2 aromatic carbocycles. The normalized spacial score (nSPS) is 18.1. The molecule has 4 heteroatoms. The van der Waals surface area contributed by atoms with Gasteiger partial charge in [-0.15, -0.1) is 0 Å². The fourth-order valence-corrected chi connectivity index (χ4v) is 2.51. The Morgan fingerprint density at radius 3 is 2.30 bits per heavy atom. The maximum atomic E-state index is 13.7. The fourth-order valence-electron chi connectivity index (χ4n) is 2.51. The van der Waals surface area contributed by atoms with Gasteiger partial charge in [0.15, 0.2) is 0 Å². The van der Waals surface area contributed by atoms with Crippen molar-refractivity contribution in [3.05, 3.63) is 65.2 Å². The van der Waals surface area contributed by atoms with Gasteiger partial charge in [-0.25, -0.2) is 8.78 Å². The van der Waals surface area contributed by atoms with E-state index in [-0.39, 0.29) is 11.6 Å². The molecule has 0 aliphatic carbocycles. The third kappa shape index (κ3) is 2.38. The molecule has 0 spiro atoms. The average molecular weight is 267 g/mol. The van der Waals surface area contributed by atoms with E-state index in [1.807, 2.05) is 24.3 Å². The molecule has 2 radical (unpaired) electrons. The first-order chi connectivity index (χ1) is 9.65. The molecule has 0 saturated heterocycles. The molecule has 1 nitrogen and oxygen atoms in total. The minimum Gasteiger partial charge on any atom is -0.281 e. The number of aliphatic imine (C=N–C) groups is 1. The van der Waals surface area contributed by atoms with Gasteiger partial charge in [0.1, 0.15) is 19.5 Å². The molecule has 2 aromatic rings. The van der Waals surface area contributed by atoms with E-state index in [1.54, 1.807) is 0 Å². The second kappa shape index (κ2) is 5.20. The van der Waals surface area contributed by atoms with Crippen molar-refractivity contribution in [1.82, 2.24) is 0 Å². The summed E-state index contributed by atoms with van der Waals surface area (Å²) in [5, 5.41) is 0. The molecule has 0 aromatic heterocycles. The molecule has 0 fully saturated rings. The SMILES string of the molecule is [B]c1ccc(C2CCC(c3c(F)cccc3F)=N2)cc1. The Morgan fingerprint density at radius 1 is 1.00 bits per heavy atom. The van der Waals surface area contributed by atoms with Gasteiger partial charge in [0.05, 0.1) is 11.6 Å². The van der Waals surface area contributed by atoms with Gasteiger partial charge in [-0.3, -0.25) is 4.99 Å². The van der Waals surface area contributed by atoms with Crippen LogP contribution in [0.15, 0.2) is 47.5 Å². The van der Waals surface area contributed by atoms with Crippen LogP contribution in [0.3, 0.4) is 0 Å². The van der Waals surface area contributed by atoms with Crippen molar-refractivity contribution < 1.29 is 8.78 Å². The van der Waals surface area contributed by atoms with Crippen molar-refractivity contribution in [1.29, 1.82) is 0 Å². The van der Waals surface area contributed by atoms with Gasteiger partial charge < -0.3 is 0 Å². The summed E-state index contributed by atoms with van der Waals surface area (Å²) >= 11 is 0. The van der Waals surface area contributed by atoms with Gasteiger partial charge in [-0.05, 0) is 30.5 Å². The van der Waals surface area contributed by atoms with E-state index in [0.29, 0.717) is 17.6 Å². The lowest BCUT2D eigenvalue weighted by Crippen LogP contribution is -2.03. The van der Waals surface area contributed by atoms with Crippen molar-refractivity contribution in [3.63, 3.8) is 0 Å². The quantitative estimate of drug-likeness (QED) is 0.741. The number of hydrogen-bond donors (Lipinski definition) is 0. The Bertz CT molecular complexity index is 644. The van der Waals surface area contributed by atoms with Crippen LogP contribution in [0.25, 0.3) is 0 Å². The zero-order valence-corrected chi connectivity index (χ0v) is 10.8. The molecule has 1 atom stereocenters. The van der Waals surface area contributed by atoms with E-state index >= 15 is 0 Å². The molecule has 0 N–H and O–H groups in total. The van der Waals surface area contributed by atoms with Gasteiger partial charge in [0.2, 0.25) is 0 Å². The predicted octanol–water partition coefficient (Wildman–Crippen LogP) is 3.08. The Morgan fingerprint density at radius 2 is 1.65 bits per heavy atom. The van der Waals surface area contributed by atoms with Crippen LogP contribution in [0.2, 0.25) is 0 Å². The monoisotopic (exact) mass is 267 g/mol. The summed E-state index contributed by atoms with van der Waals surface area (Å²) < 4.78 is 27.5. The zero-order chi connectivity index (χ0) is 14.1. The molecule has 20 heavy (non-hydrogen) atoms. The fraction of sp³-hybridized carbons (Fsp3) is 0.188. The first-order valence-electron chi connectivity index (χ1n) is 6.51. The predicted molar refractivity (Wildman–Crippen MR) is 76.7 cm³/mol. The topological polar surface area (TPSA) is 12.4 Å². The maximum absolute atomic E-state index is 13.7. The van der Waals surface area contributed by atoms with Crippen molar-refractivity contribution in [2.75, 3.05) is 0 Å². The van der Waals surface area contributed by atoms with E-state index in [0.717, 1.165) is 12.0 Å². The second-order valence-corrected chi connectivity index (χ2v) is 4.89. The number of rotatable bonds is 2. The summed E-state index contributed by atoms with van der Waals surface area (Å²) in [5.41, 5.74) is 2.22. The van der Waals surface area contributed by atoms with Crippen molar-refractivity contribution in [2.45, 2.75) is 18.9 Å². The van der Waals surface area contributed by atoms with Crippen LogP contribution >= 0.6 is 0 Å². The average Bonchev–Trinajstić information content (AvgIpc) is 2.89. The minimum atomic E-state index is -0.554. The van der Waals surface area contributed by atoms with Gasteiger partial charge in [-0.2, -0.15) is 0 Å². The summed E-state index contributed by atoms with van der Waals surface area (Å²) in [6.07, 6.45) is 1.33. The van der Waals surface area contributed by atoms with Crippen LogP contribution in [0.5, 0.6) is 0 Å². The zero-order valence-electron chi connectivity index (χ0n) is 10.8. The lowest BCUT2D eigenvalue weighted by molar-refractivity contribution is 0.578. The highest BCUT2D eigenvalue weighted by Gasteiger charge is 2.24. The molecule has 0 saturated carbocycles. The molecule has 0 amide bonds. The largest absolute Gasteiger partial charge is 0.281 e. The van der Waals surface area contributed by atoms with Crippen molar-refractivity contribution in [3.8, 4) is 0 Å². The van der Waals surface area contributed by atoms with Crippen LogP contribution in [0.4, 0.5) is 8.78 Å². The van der Waals surface area contributed by atoms with Crippen LogP contribution in [0, 0.1) is 11.6 Å². The van der Waals surface area contributed by atoms with Gasteiger partial charge >= 0.3 is 0 Å². The Hall–Kier alpha value is -1.97. The van der Waals surface area contributed by atoms with E-state index in [1.165, 1.54) is 18.2 Å². The molecule has 3 rings (SSSR count). The second-order valence-electron chi connectivity index (χ2n) is 4.89. The summed E-state index contributed by atoms with van der Waals surface area (Å²) in [6, 6.07) is 11.3. The van der Waals surface area contributed by atoms with Gasteiger partial charge in [0.25, 0.3) is 0 Å². The van der Waals surface area contributed by atoms with E-state index in [9.17, 15) is 8.78 Å². The molecule has 0 bridgehead atoms. The molecule has 1 unspecified atom stereocenters. The van der Waals surface area contributed by atoms with E-state index in [4.69, 9.17) is 7.85 Å². The summed E-state index contributed by atoms with van der Waals surface area (Å²) in [4.78, 5) is 4.48. The number of nitrogens with zero attached hydrogens (tertiary/aromatic N) is 1. The van der Waals surface area contributed by atoms with Crippen LogP contribution in [-0.4, -0.2) is 13.6 Å². The third-order valence-electron chi connectivity index (χ3n) is 3.54. The number of hydrogen-bond acceptors (Lipinski definition) is 1. The smallest absolute Gasteiger partial charge is 0.135 e. The molecule has 98 valence electrons. The van der Waals surface area contributed by atoms with Crippen molar-refractivity contribution in [2.24, 2.45) is 4.99 Å². The highest BCUT2D eigenvalue weighted by atomic mass is 19.1. The van der Waals surface area contributed by atoms with Gasteiger partial charge in [0, 0.05) is 5.71 Å². The van der Waals surface area contributed by atoms with Crippen LogP contribution in [-0.2, 0) is 0 Å². The molecular weight excluding hydrogens is 255 g/mol. The summed E-state index contributed by atoms with van der Waals surface area (Å²) in [5.74, 6) is -1.11. The minimum absolute atomic E-state index is 0.00504. The third-order valence-corrected chi connectivity index (χ3v) is 3.54. The maximum Gasteiger partial charge on any atom is 0.135 e. The Kier molecular flexibility index (Phi) is 3.39. The van der Waals surface area contributed by atoms with Gasteiger partial charge in [-0.1, -0.05) is 35.8 Å². The summed E-state index contributed by atoms with van der Waals surface area (Å²) in [7, 11) is 5.65. The lowest BCUT2D eigenvalue weighted by atomic mass is 9.93. The summed E-state index contributed by atoms with van der Waals surface area (Å²) in [6.45, 7) is 0.